The van der Waals surface area contributed by atoms with Crippen LogP contribution in [-0.2, 0) is 6.54 Å². The molecule has 1 heterocycles. The zero-order chi connectivity index (χ0) is 15.4. The van der Waals surface area contributed by atoms with Gasteiger partial charge >= 0.3 is 0 Å². The molecular weight excluding hydrogens is 274 g/mol. The van der Waals surface area contributed by atoms with Crippen LogP contribution in [0.3, 0.4) is 0 Å². The number of nitrogens with zero attached hydrogens (tertiary/aromatic N) is 2. The molecule has 1 amide bonds. The molecule has 0 saturated heterocycles. The number of hydrogen-bond acceptors (Lipinski definition) is 5. The SMILES string of the molecule is CN(C)C(=O)c1ccc([N+](=O)[O-])c(NCc2ccoc2)c1. The van der Waals surface area contributed by atoms with Crippen molar-refractivity contribution in [3.05, 3.63) is 58.0 Å². The van der Waals surface area contributed by atoms with Crippen LogP contribution in [0.4, 0.5) is 11.4 Å². The number of amides is 1. The maximum absolute atomic E-state index is 11.9. The van der Waals surface area contributed by atoms with Gasteiger partial charge in [-0.15, -0.1) is 0 Å². The molecule has 0 aliphatic heterocycles. The van der Waals surface area contributed by atoms with E-state index in [0.717, 1.165) is 5.56 Å². The maximum atomic E-state index is 11.9. The summed E-state index contributed by atoms with van der Waals surface area (Å²) in [6.45, 7) is 0.372. The highest BCUT2D eigenvalue weighted by Gasteiger charge is 2.17. The third-order valence-electron chi connectivity index (χ3n) is 2.91. The van der Waals surface area contributed by atoms with E-state index in [-0.39, 0.29) is 11.6 Å². The smallest absolute Gasteiger partial charge is 0.292 e. The lowest BCUT2D eigenvalue weighted by molar-refractivity contribution is -0.384. The minimum atomic E-state index is -0.485. The number of carbonyl (C=O) groups is 1. The highest BCUT2D eigenvalue weighted by molar-refractivity contribution is 5.95. The lowest BCUT2D eigenvalue weighted by atomic mass is 10.1. The first-order valence-electron chi connectivity index (χ1n) is 6.24. The van der Waals surface area contributed by atoms with Crippen LogP contribution in [0.2, 0.25) is 0 Å². The van der Waals surface area contributed by atoms with Gasteiger partial charge in [-0.1, -0.05) is 0 Å². The molecule has 110 valence electrons. The normalized spacial score (nSPS) is 10.2. The van der Waals surface area contributed by atoms with E-state index >= 15 is 0 Å². The monoisotopic (exact) mass is 289 g/mol. The zero-order valence-electron chi connectivity index (χ0n) is 11.7. The van der Waals surface area contributed by atoms with Gasteiger partial charge in [0, 0.05) is 37.8 Å². The molecule has 0 fully saturated rings. The fraction of sp³-hybridized carbons (Fsp3) is 0.214. The molecule has 21 heavy (non-hydrogen) atoms. The maximum Gasteiger partial charge on any atom is 0.292 e. The summed E-state index contributed by atoms with van der Waals surface area (Å²) in [7, 11) is 3.25. The number of carbonyl (C=O) groups excluding carboxylic acids is 1. The van der Waals surface area contributed by atoms with Crippen molar-refractivity contribution in [1.29, 1.82) is 0 Å². The Morgan fingerprint density at radius 1 is 1.38 bits per heavy atom. The van der Waals surface area contributed by atoms with Gasteiger partial charge in [-0.25, -0.2) is 0 Å². The van der Waals surface area contributed by atoms with E-state index in [1.54, 1.807) is 26.4 Å². The van der Waals surface area contributed by atoms with Crippen LogP contribution in [0.25, 0.3) is 0 Å². The minimum absolute atomic E-state index is 0.0752. The molecule has 7 nitrogen and oxygen atoms in total. The Hall–Kier alpha value is -2.83. The Kier molecular flexibility index (Phi) is 4.22. The van der Waals surface area contributed by atoms with Gasteiger partial charge in [-0.2, -0.15) is 0 Å². The minimum Gasteiger partial charge on any atom is -0.472 e. The van der Waals surface area contributed by atoms with Gasteiger partial charge in [0.15, 0.2) is 0 Å². The van der Waals surface area contributed by atoms with Crippen LogP contribution >= 0.6 is 0 Å². The van der Waals surface area contributed by atoms with E-state index in [1.807, 2.05) is 0 Å². The number of nitrogens with one attached hydrogen (secondary N) is 1. The van der Waals surface area contributed by atoms with Gasteiger partial charge in [0.05, 0.1) is 17.4 Å². The molecule has 0 atom stereocenters. The van der Waals surface area contributed by atoms with Crippen LogP contribution in [0.5, 0.6) is 0 Å². The number of anilines is 1. The van der Waals surface area contributed by atoms with Crippen molar-refractivity contribution in [2.24, 2.45) is 0 Å². The van der Waals surface area contributed by atoms with Crippen molar-refractivity contribution in [2.75, 3.05) is 19.4 Å². The average Bonchev–Trinajstić information content (AvgIpc) is 2.97. The van der Waals surface area contributed by atoms with Crippen molar-refractivity contribution in [1.82, 2.24) is 4.90 Å². The van der Waals surface area contributed by atoms with E-state index in [1.165, 1.54) is 29.4 Å². The van der Waals surface area contributed by atoms with Crippen LogP contribution in [0.1, 0.15) is 15.9 Å². The summed E-state index contributed by atoms with van der Waals surface area (Å²) >= 11 is 0. The second-order valence-electron chi connectivity index (χ2n) is 4.67. The Labute approximate surface area is 121 Å². The molecule has 1 aromatic heterocycles. The van der Waals surface area contributed by atoms with Crippen molar-refractivity contribution in [3.8, 4) is 0 Å². The van der Waals surface area contributed by atoms with Gasteiger partial charge < -0.3 is 14.6 Å². The lowest BCUT2D eigenvalue weighted by Crippen LogP contribution is -2.21. The van der Waals surface area contributed by atoms with Crippen LogP contribution in [-0.4, -0.2) is 29.8 Å². The number of nitro benzene ring substituents is 1. The van der Waals surface area contributed by atoms with Gasteiger partial charge in [0.25, 0.3) is 11.6 Å². The molecule has 0 unspecified atom stereocenters. The summed E-state index contributed by atoms with van der Waals surface area (Å²) in [5.41, 5.74) is 1.47. The Morgan fingerprint density at radius 3 is 2.71 bits per heavy atom. The van der Waals surface area contributed by atoms with Crippen molar-refractivity contribution < 1.29 is 14.1 Å². The quantitative estimate of drug-likeness (QED) is 0.674. The highest BCUT2D eigenvalue weighted by atomic mass is 16.6. The van der Waals surface area contributed by atoms with Crippen molar-refractivity contribution >= 4 is 17.3 Å². The number of hydrogen-bond donors (Lipinski definition) is 1. The summed E-state index contributed by atoms with van der Waals surface area (Å²) < 4.78 is 4.94. The highest BCUT2D eigenvalue weighted by Crippen LogP contribution is 2.26. The Bertz CT molecular complexity index is 650. The first-order chi connectivity index (χ1) is 9.99. The summed E-state index contributed by atoms with van der Waals surface area (Å²) in [5.74, 6) is -0.212. The lowest BCUT2D eigenvalue weighted by Gasteiger charge is -2.12. The predicted octanol–water partition coefficient (Wildman–Crippen LogP) is 2.50. The molecule has 2 rings (SSSR count). The zero-order valence-corrected chi connectivity index (χ0v) is 11.7. The molecule has 1 N–H and O–H groups in total. The van der Waals surface area contributed by atoms with Gasteiger partial charge in [0.1, 0.15) is 5.69 Å². The molecule has 7 heteroatoms. The van der Waals surface area contributed by atoms with E-state index in [0.29, 0.717) is 17.8 Å². The molecule has 1 aromatic carbocycles. The Balaban J connectivity index is 2.28. The summed E-state index contributed by atoms with van der Waals surface area (Å²) in [6.07, 6.45) is 3.07. The first kappa shape index (κ1) is 14.6. The van der Waals surface area contributed by atoms with Crippen molar-refractivity contribution in [3.63, 3.8) is 0 Å². The molecule has 0 aliphatic carbocycles. The van der Waals surface area contributed by atoms with E-state index < -0.39 is 4.92 Å². The topological polar surface area (TPSA) is 88.6 Å². The van der Waals surface area contributed by atoms with E-state index in [2.05, 4.69) is 5.32 Å². The molecule has 0 bridgehead atoms. The summed E-state index contributed by atoms with van der Waals surface area (Å²) in [6, 6.07) is 6.02. The largest absolute Gasteiger partial charge is 0.472 e. The summed E-state index contributed by atoms with van der Waals surface area (Å²) in [5, 5.41) is 14.0. The van der Waals surface area contributed by atoms with Crippen molar-refractivity contribution in [2.45, 2.75) is 6.54 Å². The number of nitro groups is 1. The molecule has 0 saturated carbocycles. The third-order valence-corrected chi connectivity index (χ3v) is 2.91. The van der Waals surface area contributed by atoms with Crippen LogP contribution in [0, 0.1) is 10.1 Å². The third kappa shape index (κ3) is 3.38. The fourth-order valence-corrected chi connectivity index (χ4v) is 1.82. The molecular formula is C14H15N3O4. The summed E-state index contributed by atoms with van der Waals surface area (Å²) in [4.78, 5) is 23.9. The van der Waals surface area contributed by atoms with Gasteiger partial charge in [-0.3, -0.25) is 14.9 Å². The molecule has 0 aliphatic rings. The fourth-order valence-electron chi connectivity index (χ4n) is 1.82. The number of furan rings is 1. The van der Waals surface area contributed by atoms with E-state index in [9.17, 15) is 14.9 Å². The second-order valence-corrected chi connectivity index (χ2v) is 4.67. The first-order valence-corrected chi connectivity index (χ1v) is 6.24. The molecule has 0 radical (unpaired) electrons. The van der Waals surface area contributed by atoms with Crippen LogP contribution < -0.4 is 5.32 Å². The number of rotatable bonds is 5. The molecule has 0 spiro atoms. The average molecular weight is 289 g/mol. The van der Waals surface area contributed by atoms with Gasteiger partial charge in [-0.05, 0) is 18.2 Å². The number of benzene rings is 1. The Morgan fingerprint density at radius 2 is 2.14 bits per heavy atom. The van der Waals surface area contributed by atoms with Gasteiger partial charge in [0.2, 0.25) is 0 Å². The second kappa shape index (κ2) is 6.08. The molecule has 2 aromatic rings. The van der Waals surface area contributed by atoms with E-state index in [4.69, 9.17) is 4.42 Å². The van der Waals surface area contributed by atoms with Crippen LogP contribution in [0.15, 0.2) is 41.2 Å². The predicted molar refractivity (Wildman–Crippen MR) is 77.1 cm³/mol. The standard InChI is InChI=1S/C14H15N3O4/c1-16(2)14(18)11-3-4-13(17(19)20)12(7-11)15-8-10-5-6-21-9-10/h3-7,9,15H,8H2,1-2H3.